The molecule has 0 amide bonds. The second kappa shape index (κ2) is 38.2. The molecule has 79 heavy (non-hydrogen) atoms. The number of nitrogens with two attached hydrogens (primary N) is 3. The lowest BCUT2D eigenvalue weighted by Gasteiger charge is -2.09. The lowest BCUT2D eigenvalue weighted by atomic mass is 10.0. The Hall–Kier alpha value is -10.4. The number of carbonyl (C=O) groups is 5. The number of hydrogen-bond acceptors (Lipinski definition) is 18. The van der Waals surface area contributed by atoms with Gasteiger partial charge in [0.1, 0.15) is 30.2 Å². The summed E-state index contributed by atoms with van der Waals surface area (Å²) in [4.78, 5) is 77.7. The van der Waals surface area contributed by atoms with E-state index in [-0.39, 0.29) is 38.9 Å². The SMILES string of the molecule is [N-]=[N+]=NCc1ccc(CC([NH3+])C(=O)[O-])cc1.[N-]=[N+]=NCc1ccc(C[C@H](N)C(=O)O)cn1.[N-]=[N+]=NCc1ccc(C[C@H](N)C(=O)O)nc1.[N-]=[N+]=NCc1ccnc(C[C@H](N)C(=O)O)c1.[N-]=[N+]=Nc1ccc(CC([NH3+])C(=O)[O-])cc1. The molecule has 33 nitrogen and oxygen atoms in total. The van der Waals surface area contributed by atoms with Crippen LogP contribution in [0.5, 0.6) is 0 Å². The Morgan fingerprint density at radius 1 is 0.468 bits per heavy atom. The number of carboxylic acids is 5. The number of benzene rings is 2. The molecule has 0 bridgehead atoms. The number of nitrogens with zero attached hydrogens (tertiary/aromatic N) is 18. The first-order valence-corrected chi connectivity index (χ1v) is 22.8. The molecule has 0 spiro atoms. The molecule has 0 saturated carbocycles. The number of pyridine rings is 3. The molecule has 2 aromatic carbocycles. The van der Waals surface area contributed by atoms with E-state index >= 15 is 0 Å². The van der Waals surface area contributed by atoms with Crippen molar-refractivity contribution < 1.29 is 61.0 Å². The fourth-order valence-electron chi connectivity index (χ4n) is 5.75. The van der Waals surface area contributed by atoms with Gasteiger partial charge in [-0.1, -0.05) is 86.2 Å². The minimum absolute atomic E-state index is 0.152. The van der Waals surface area contributed by atoms with Gasteiger partial charge in [-0.2, -0.15) is 0 Å². The van der Waals surface area contributed by atoms with Gasteiger partial charge in [-0.25, -0.2) is 0 Å². The zero-order chi connectivity index (χ0) is 59.1. The fourth-order valence-corrected chi connectivity index (χ4v) is 5.75. The summed E-state index contributed by atoms with van der Waals surface area (Å²) in [5.74, 6) is -5.49. The zero-order valence-electron chi connectivity index (χ0n) is 42.0. The molecule has 3 heterocycles. The predicted octanol–water partition coefficient (Wildman–Crippen LogP) is 1.47. The predicted molar refractivity (Wildman–Crippen MR) is 275 cm³/mol. The van der Waals surface area contributed by atoms with Gasteiger partial charge in [0.15, 0.2) is 0 Å². The number of aromatic nitrogens is 3. The van der Waals surface area contributed by atoms with Crippen molar-refractivity contribution in [3.05, 3.63) is 206 Å². The van der Waals surface area contributed by atoms with Gasteiger partial charge in [0.25, 0.3) is 0 Å². The highest BCUT2D eigenvalue weighted by molar-refractivity contribution is 5.74. The van der Waals surface area contributed by atoms with Crippen LogP contribution in [0, 0.1) is 0 Å². The molecule has 5 aromatic rings. The number of aliphatic carboxylic acids is 5. The Balaban J connectivity index is 0.000000494. The molecule has 0 aliphatic carbocycles. The summed E-state index contributed by atoms with van der Waals surface area (Å²) < 4.78 is 0. The summed E-state index contributed by atoms with van der Waals surface area (Å²) in [7, 11) is 0. The van der Waals surface area contributed by atoms with Crippen LogP contribution in [0.3, 0.4) is 0 Å². The van der Waals surface area contributed by atoms with Gasteiger partial charge in [0.05, 0.1) is 38.1 Å². The van der Waals surface area contributed by atoms with Gasteiger partial charge in [-0.3, -0.25) is 29.3 Å². The maximum absolute atomic E-state index is 10.5. The molecular weight excluding hydrogens is 1030 g/mol. The molecule has 2 unspecified atom stereocenters. The maximum atomic E-state index is 10.5. The third-order valence-corrected chi connectivity index (χ3v) is 9.91. The van der Waals surface area contributed by atoms with Crippen molar-refractivity contribution in [1.29, 1.82) is 0 Å². The Bertz CT molecular complexity index is 2800. The van der Waals surface area contributed by atoms with Crippen LogP contribution in [0.2, 0.25) is 0 Å². The molecule has 0 aliphatic rings. The number of carbonyl (C=O) groups excluding carboxylic acids is 2. The third-order valence-electron chi connectivity index (χ3n) is 9.91. The monoisotopic (exact) mass is 1090 g/mol. The first-order valence-electron chi connectivity index (χ1n) is 22.8. The third kappa shape index (κ3) is 29.9. The lowest BCUT2D eigenvalue weighted by Crippen LogP contribution is -2.69. The minimum atomic E-state index is -1.17. The van der Waals surface area contributed by atoms with E-state index in [0.29, 0.717) is 42.2 Å². The molecule has 15 N–H and O–H groups in total. The Labute approximate surface area is 447 Å². The Morgan fingerprint density at radius 3 is 1.30 bits per heavy atom. The molecule has 5 rings (SSSR count). The van der Waals surface area contributed by atoms with Gasteiger partial charge in [0, 0.05) is 91.6 Å². The second-order valence-corrected chi connectivity index (χ2v) is 16.1. The summed E-state index contributed by atoms with van der Waals surface area (Å²) in [6, 6.07) is 19.6. The van der Waals surface area contributed by atoms with Gasteiger partial charge < -0.3 is 63.8 Å². The number of carboxylic acid groups (broad SMARTS) is 5. The van der Waals surface area contributed by atoms with Gasteiger partial charge in [-0.05, 0) is 91.7 Å². The van der Waals surface area contributed by atoms with Crippen LogP contribution in [-0.2, 0) is 82.3 Å². The number of rotatable bonds is 24. The van der Waals surface area contributed by atoms with E-state index in [4.69, 9.17) is 60.2 Å². The van der Waals surface area contributed by atoms with Crippen LogP contribution >= 0.6 is 0 Å². The van der Waals surface area contributed by atoms with Gasteiger partial charge in [-0.15, -0.1) is 0 Å². The van der Waals surface area contributed by atoms with Crippen molar-refractivity contribution in [2.24, 2.45) is 42.8 Å². The van der Waals surface area contributed by atoms with E-state index in [1.165, 1.54) is 12.4 Å². The van der Waals surface area contributed by atoms with E-state index < -0.39 is 60.1 Å². The fraction of sp³-hybridized carbons (Fsp3) is 0.304. The van der Waals surface area contributed by atoms with Crippen LogP contribution < -0.4 is 38.9 Å². The number of quaternary nitrogens is 2. The largest absolute Gasteiger partial charge is 0.544 e. The topological polar surface area (TPSA) is 608 Å². The quantitative estimate of drug-likeness (QED) is 0.0246. The minimum Gasteiger partial charge on any atom is -0.544 e. The molecule has 33 heteroatoms. The van der Waals surface area contributed by atoms with Crippen LogP contribution in [0.15, 0.2) is 129 Å². The van der Waals surface area contributed by atoms with Crippen LogP contribution in [0.4, 0.5) is 5.69 Å². The molecule has 0 aliphatic heterocycles. The number of hydrogen-bond donors (Lipinski definition) is 8. The molecule has 0 fully saturated rings. The lowest BCUT2D eigenvalue weighted by molar-refractivity contribution is -0.437. The highest BCUT2D eigenvalue weighted by Gasteiger charge is 2.15. The van der Waals surface area contributed by atoms with E-state index in [2.05, 4.69) is 76.5 Å². The van der Waals surface area contributed by atoms with Gasteiger partial charge >= 0.3 is 17.9 Å². The van der Waals surface area contributed by atoms with Crippen molar-refractivity contribution in [3.8, 4) is 0 Å². The average molecular weight is 1090 g/mol. The molecule has 0 saturated heterocycles. The molecule has 5 atom stereocenters. The summed E-state index contributed by atoms with van der Waals surface area (Å²) in [5, 5.41) is 63.7. The molecule has 0 radical (unpaired) electrons. The van der Waals surface area contributed by atoms with Crippen molar-refractivity contribution in [3.63, 3.8) is 0 Å². The molecule has 3 aromatic heterocycles. The standard InChI is InChI=1S/C10H12N4O2.3C9H11N5O2.C9H10N4O2/c11-9(10(15)16)5-7-1-3-8(4-2-7)6-13-14-12;10-8(9(15)16)3-7-2-1-6(4-12-7)5-13-14-11;10-8(9(15)16)4-7-3-6(1-2-12-7)5-13-14-11;10-8(9(15)16)3-6-1-2-7(12-4-6)5-13-14-11;10-8(9(14)15)5-6-1-3-7(4-2-6)12-13-11/h1-4,9H,5-6,11H2,(H,15,16);1-2,4,8H,3,5,10H2,(H,15,16);1-3,8H,4-5,10H2,(H,15,16);1-2,4,8H,3,5,10H2,(H,15,16);1-4,8H,5,10H2,(H,14,15)/t;3*8-;/m.000./s1. The Kier molecular flexibility index (Phi) is 32.2. The van der Waals surface area contributed by atoms with Gasteiger partial charge in [0.2, 0.25) is 0 Å². The van der Waals surface area contributed by atoms with Crippen molar-refractivity contribution in [1.82, 2.24) is 15.0 Å². The van der Waals surface area contributed by atoms with E-state index in [0.717, 1.165) is 33.4 Å². The smallest absolute Gasteiger partial charge is 0.320 e. The summed E-state index contributed by atoms with van der Waals surface area (Å²) >= 11 is 0. The van der Waals surface area contributed by atoms with E-state index in [1.807, 2.05) is 0 Å². The zero-order valence-corrected chi connectivity index (χ0v) is 42.0. The summed E-state index contributed by atoms with van der Waals surface area (Å²) in [5.41, 5.74) is 70.9. The van der Waals surface area contributed by atoms with Crippen LogP contribution in [-0.4, -0.2) is 90.3 Å². The van der Waals surface area contributed by atoms with Crippen LogP contribution in [0.25, 0.3) is 52.2 Å². The number of azide groups is 5. The van der Waals surface area contributed by atoms with Crippen LogP contribution in [0.1, 0.15) is 50.5 Å². The normalized spacial score (nSPS) is 11.6. The second-order valence-electron chi connectivity index (χ2n) is 16.1. The maximum Gasteiger partial charge on any atom is 0.320 e. The molecule has 414 valence electrons. The Morgan fingerprint density at radius 2 is 0.861 bits per heavy atom. The summed E-state index contributed by atoms with van der Waals surface area (Å²) in [6.45, 7) is 0.927. The first-order chi connectivity index (χ1) is 37.7. The van der Waals surface area contributed by atoms with Crippen molar-refractivity contribution >= 4 is 35.5 Å². The van der Waals surface area contributed by atoms with E-state index in [9.17, 15) is 34.2 Å². The highest BCUT2D eigenvalue weighted by atomic mass is 16.4. The van der Waals surface area contributed by atoms with E-state index in [1.54, 1.807) is 91.1 Å². The molecular formula is C46H55N23O10. The van der Waals surface area contributed by atoms with Crippen molar-refractivity contribution in [2.75, 3.05) is 0 Å². The highest BCUT2D eigenvalue weighted by Crippen LogP contribution is 2.14. The summed E-state index contributed by atoms with van der Waals surface area (Å²) in [6.07, 6.45) is 5.81. The van der Waals surface area contributed by atoms with Crippen molar-refractivity contribution in [2.45, 2.75) is 88.5 Å². The first kappa shape index (κ1) is 66.6. The average Bonchev–Trinajstić information content (AvgIpc) is 3.43.